The molecule has 3 aromatic rings. The number of hydrogen-bond donors (Lipinski definition) is 2. The normalized spacial score (nSPS) is 21.6. The largest absolute Gasteiger partial charge is 0.396 e. The van der Waals surface area contributed by atoms with Gasteiger partial charge in [-0.25, -0.2) is 9.18 Å². The summed E-state index contributed by atoms with van der Waals surface area (Å²) in [4.78, 5) is 40.3. The fourth-order valence-corrected chi connectivity index (χ4v) is 5.42. The third-order valence-electron chi connectivity index (χ3n) is 7.09. The molecule has 1 aromatic heterocycles. The van der Waals surface area contributed by atoms with Crippen LogP contribution in [0.25, 0.3) is 10.9 Å². The average molecular weight is 498 g/mol. The highest BCUT2D eigenvalue weighted by atomic mass is 35.5. The number of aliphatic hydroxyl groups excluding tert-OH is 1. The van der Waals surface area contributed by atoms with Crippen molar-refractivity contribution < 1.29 is 23.9 Å². The lowest BCUT2D eigenvalue weighted by atomic mass is 9.90. The van der Waals surface area contributed by atoms with Gasteiger partial charge in [-0.15, -0.1) is 0 Å². The number of fused-ring (bicyclic) bond motifs is 2. The quantitative estimate of drug-likeness (QED) is 0.510. The summed E-state index contributed by atoms with van der Waals surface area (Å²) < 4.78 is 16.0. The number of ketones is 1. The van der Waals surface area contributed by atoms with Crippen LogP contribution in [-0.4, -0.2) is 51.0 Å². The van der Waals surface area contributed by atoms with E-state index in [1.54, 1.807) is 23.2 Å². The van der Waals surface area contributed by atoms with E-state index in [1.165, 1.54) is 23.6 Å². The van der Waals surface area contributed by atoms with Crippen molar-refractivity contribution in [3.05, 3.63) is 65.1 Å². The Morgan fingerprint density at radius 3 is 2.69 bits per heavy atom. The summed E-state index contributed by atoms with van der Waals surface area (Å²) >= 11 is 5.88. The number of nitrogens with one attached hydrogen (secondary N) is 1. The molecule has 7 nitrogen and oxygen atoms in total. The first-order valence-electron chi connectivity index (χ1n) is 11.6. The number of nitrogens with zero attached hydrogens (tertiary/aromatic N) is 2. The average Bonchev–Trinajstić information content (AvgIpc) is 3.34. The predicted octanol–water partition coefficient (Wildman–Crippen LogP) is 4.82. The molecular formula is C26H25ClFN3O4. The third-order valence-corrected chi connectivity index (χ3v) is 7.38. The molecule has 1 aliphatic heterocycles. The van der Waals surface area contributed by atoms with E-state index in [2.05, 4.69) is 5.32 Å². The number of para-hydroxylation sites is 1. The summed E-state index contributed by atoms with van der Waals surface area (Å²) in [5.41, 5.74) is 1.36. The van der Waals surface area contributed by atoms with E-state index >= 15 is 0 Å². The molecule has 1 aliphatic carbocycles. The number of rotatable bonds is 6. The molecule has 5 rings (SSSR count). The summed E-state index contributed by atoms with van der Waals surface area (Å²) in [6, 6.07) is 10.7. The maximum absolute atomic E-state index is 14.5. The third kappa shape index (κ3) is 4.21. The highest BCUT2D eigenvalue weighted by Crippen LogP contribution is 2.49. The van der Waals surface area contributed by atoms with E-state index in [0.29, 0.717) is 17.6 Å². The topological polar surface area (TPSA) is 91.6 Å². The van der Waals surface area contributed by atoms with Crippen molar-refractivity contribution >= 4 is 45.9 Å². The van der Waals surface area contributed by atoms with Crippen LogP contribution in [0.5, 0.6) is 0 Å². The molecule has 2 heterocycles. The second-order valence-corrected chi connectivity index (χ2v) is 9.70. The van der Waals surface area contributed by atoms with E-state index in [9.17, 15) is 23.9 Å². The molecule has 0 radical (unpaired) electrons. The summed E-state index contributed by atoms with van der Waals surface area (Å²) in [7, 11) is 0. The summed E-state index contributed by atoms with van der Waals surface area (Å²) in [6.45, 7) is 1.03. The molecular weight excluding hydrogens is 473 g/mol. The van der Waals surface area contributed by atoms with Crippen LogP contribution >= 0.6 is 11.6 Å². The highest BCUT2D eigenvalue weighted by molar-refractivity contribution is 6.30. The van der Waals surface area contributed by atoms with Crippen molar-refractivity contribution in [3.63, 3.8) is 0 Å². The van der Waals surface area contributed by atoms with Crippen LogP contribution in [0.2, 0.25) is 5.02 Å². The van der Waals surface area contributed by atoms with Gasteiger partial charge in [0.2, 0.25) is 5.91 Å². The van der Waals surface area contributed by atoms with Gasteiger partial charge in [0.1, 0.15) is 5.82 Å². The van der Waals surface area contributed by atoms with E-state index < -0.39 is 30.4 Å². The maximum atomic E-state index is 14.5. The van der Waals surface area contributed by atoms with Crippen LogP contribution < -0.4 is 5.32 Å². The van der Waals surface area contributed by atoms with Gasteiger partial charge in [0.15, 0.2) is 5.78 Å². The van der Waals surface area contributed by atoms with Gasteiger partial charge in [-0.05, 0) is 36.5 Å². The number of carbonyl (C=O) groups is 3. The number of amides is 2. The number of benzene rings is 2. The highest BCUT2D eigenvalue weighted by Gasteiger charge is 2.56. The van der Waals surface area contributed by atoms with Crippen molar-refractivity contribution in [2.45, 2.75) is 44.2 Å². The van der Waals surface area contributed by atoms with Gasteiger partial charge in [-0.1, -0.05) is 41.9 Å². The van der Waals surface area contributed by atoms with Crippen LogP contribution in [0.1, 0.15) is 42.5 Å². The summed E-state index contributed by atoms with van der Waals surface area (Å²) in [5.74, 6) is -1.55. The molecule has 2 aliphatic rings. The van der Waals surface area contributed by atoms with E-state index in [0.717, 1.165) is 11.8 Å². The van der Waals surface area contributed by atoms with Crippen LogP contribution in [0.3, 0.4) is 0 Å². The molecule has 2 aromatic carbocycles. The Bertz CT molecular complexity index is 1340. The number of likely N-dealkylation sites (tertiary alicyclic amines) is 1. The zero-order valence-corrected chi connectivity index (χ0v) is 19.8. The summed E-state index contributed by atoms with van der Waals surface area (Å²) in [6.07, 6.45) is 2.86. The number of piperidine rings is 1. The van der Waals surface area contributed by atoms with Gasteiger partial charge < -0.3 is 15.3 Å². The number of anilines is 1. The SMILES string of the molecule is CC(=O)n1cc(NC(=O)N2[C@@H]3C[C@@H]3C[C@H]2C(=O)C[C@H](CO)c2cccc(Cl)c2F)c2ccccc21. The second-order valence-electron chi connectivity index (χ2n) is 9.29. The number of halogens is 2. The van der Waals surface area contributed by atoms with E-state index in [4.69, 9.17) is 11.6 Å². The molecule has 2 fully saturated rings. The van der Waals surface area contributed by atoms with Crippen molar-refractivity contribution in [3.8, 4) is 0 Å². The van der Waals surface area contributed by atoms with Crippen LogP contribution in [0, 0.1) is 11.7 Å². The molecule has 9 heteroatoms. The van der Waals surface area contributed by atoms with Crippen molar-refractivity contribution in [1.29, 1.82) is 0 Å². The fourth-order valence-electron chi connectivity index (χ4n) is 5.24. The Kier molecular flexibility index (Phi) is 6.11. The second kappa shape index (κ2) is 9.09. The molecule has 0 spiro atoms. The molecule has 0 bridgehead atoms. The minimum Gasteiger partial charge on any atom is -0.396 e. The minimum atomic E-state index is -0.753. The number of urea groups is 1. The lowest BCUT2D eigenvalue weighted by Gasteiger charge is -2.28. The number of carbonyl (C=O) groups excluding carboxylic acids is 3. The Balaban J connectivity index is 1.36. The molecule has 35 heavy (non-hydrogen) atoms. The summed E-state index contributed by atoms with van der Waals surface area (Å²) in [5, 5.41) is 13.4. The van der Waals surface area contributed by atoms with Crippen molar-refractivity contribution in [2.75, 3.05) is 11.9 Å². The van der Waals surface area contributed by atoms with Gasteiger partial charge in [0.05, 0.1) is 28.9 Å². The first kappa shape index (κ1) is 23.5. The molecule has 2 amide bonds. The first-order valence-corrected chi connectivity index (χ1v) is 12.0. The lowest BCUT2D eigenvalue weighted by Crippen LogP contribution is -2.45. The predicted molar refractivity (Wildman–Crippen MR) is 130 cm³/mol. The van der Waals surface area contributed by atoms with Crippen LogP contribution in [0.15, 0.2) is 48.7 Å². The zero-order valence-electron chi connectivity index (χ0n) is 19.1. The van der Waals surface area contributed by atoms with E-state index in [1.807, 2.05) is 18.2 Å². The molecule has 4 atom stereocenters. The smallest absolute Gasteiger partial charge is 0.322 e. The molecule has 0 unspecified atom stereocenters. The molecule has 2 N–H and O–H groups in total. The van der Waals surface area contributed by atoms with Gasteiger partial charge in [-0.2, -0.15) is 0 Å². The molecule has 182 valence electrons. The van der Waals surface area contributed by atoms with Crippen molar-refractivity contribution in [2.24, 2.45) is 5.92 Å². The molecule has 1 saturated heterocycles. The van der Waals surface area contributed by atoms with Gasteiger partial charge in [-0.3, -0.25) is 14.2 Å². The Labute approximate surface area is 206 Å². The Hall–Kier alpha value is -3.23. The lowest BCUT2D eigenvalue weighted by molar-refractivity contribution is -0.123. The number of aromatic nitrogens is 1. The van der Waals surface area contributed by atoms with Crippen LogP contribution in [0.4, 0.5) is 14.9 Å². The molecule has 1 saturated carbocycles. The number of Topliss-reactive ketones (excluding diaryl/α,β-unsaturated/α-hetero) is 1. The van der Waals surface area contributed by atoms with Gasteiger partial charge >= 0.3 is 6.03 Å². The zero-order chi connectivity index (χ0) is 24.9. The van der Waals surface area contributed by atoms with Crippen molar-refractivity contribution in [1.82, 2.24) is 9.47 Å². The standard InChI is InChI=1S/C26H25ClFN3O4/c1-14(33)30-12-20(18-5-2-3-8-21(18)30)29-26(35)31-22-9-15(22)10-23(31)24(34)11-16(13-32)17-6-4-7-19(27)25(17)28/h2-8,12,15-16,22-23,32H,9-11,13H2,1H3,(H,29,35)/t15-,16-,22-,23+/m1/s1. The fraction of sp³-hybridized carbons (Fsp3) is 0.346. The number of aliphatic hydroxyl groups is 1. The van der Waals surface area contributed by atoms with Gasteiger partial charge in [0.25, 0.3) is 0 Å². The monoisotopic (exact) mass is 497 g/mol. The Morgan fingerprint density at radius 2 is 1.94 bits per heavy atom. The Morgan fingerprint density at radius 1 is 1.17 bits per heavy atom. The van der Waals surface area contributed by atoms with E-state index in [-0.39, 0.29) is 40.7 Å². The number of hydrogen-bond acceptors (Lipinski definition) is 4. The van der Waals surface area contributed by atoms with Crippen LogP contribution in [-0.2, 0) is 4.79 Å². The maximum Gasteiger partial charge on any atom is 0.322 e. The first-order chi connectivity index (χ1) is 16.8. The minimum absolute atomic E-state index is 0.0272. The van der Waals surface area contributed by atoms with Gasteiger partial charge in [0, 0.05) is 36.9 Å².